The number of halogens is 3. The minimum atomic E-state index is -0.840. The first kappa shape index (κ1) is 25.5. The molecule has 13 heteroatoms. The maximum Gasteiger partial charge on any atom is 0.411 e. The molecule has 5 rings (SSSR count). The molecule has 0 aliphatic carbocycles. The minimum absolute atomic E-state index is 0.116. The summed E-state index contributed by atoms with van der Waals surface area (Å²) in [5.41, 5.74) is 3.33. The molecule has 1 N–H and O–H groups in total. The summed E-state index contributed by atoms with van der Waals surface area (Å²) in [7, 11) is 1.52. The average molecular weight is 558 g/mol. The zero-order valence-electron chi connectivity index (χ0n) is 19.9. The fraction of sp³-hybridized carbons (Fsp3) is 0.160. The minimum Gasteiger partial charge on any atom is -0.487 e. The summed E-state index contributed by atoms with van der Waals surface area (Å²) in [5, 5.41) is 2.72. The number of aryl methyl sites for hydroxylation is 1. The Hall–Kier alpha value is -4.16. The van der Waals surface area contributed by atoms with Gasteiger partial charge in [-0.3, -0.25) is 10.3 Å². The van der Waals surface area contributed by atoms with Gasteiger partial charge in [-0.1, -0.05) is 11.6 Å². The average Bonchev–Trinajstić information content (AvgIpc) is 3.32. The number of thiazole rings is 1. The SMILES string of the molecule is COc1cnc2c(-c3nc4c(Cl)c(F)c(OCCOC(=O)Nc5cncc(F)c5)cc4s3)cc(C)cc2n1. The van der Waals surface area contributed by atoms with Gasteiger partial charge in [-0.05, 0) is 24.6 Å². The Balaban J connectivity index is 1.33. The molecule has 2 aromatic carbocycles. The summed E-state index contributed by atoms with van der Waals surface area (Å²) in [6.45, 7) is 1.57. The molecule has 0 saturated heterocycles. The zero-order chi connectivity index (χ0) is 26.8. The van der Waals surface area contributed by atoms with Gasteiger partial charge in [0.25, 0.3) is 0 Å². The molecule has 0 unspecified atom stereocenters. The van der Waals surface area contributed by atoms with E-state index in [0.717, 1.165) is 23.4 Å². The van der Waals surface area contributed by atoms with Gasteiger partial charge in [0.2, 0.25) is 5.88 Å². The monoisotopic (exact) mass is 557 g/mol. The fourth-order valence-electron chi connectivity index (χ4n) is 3.63. The second kappa shape index (κ2) is 10.7. The third-order valence-corrected chi connectivity index (χ3v) is 6.65. The van der Waals surface area contributed by atoms with Crippen LogP contribution in [-0.4, -0.2) is 46.4 Å². The molecule has 0 aliphatic rings. The van der Waals surface area contributed by atoms with Crippen molar-refractivity contribution in [2.45, 2.75) is 6.92 Å². The Kier molecular flexibility index (Phi) is 7.16. The van der Waals surface area contributed by atoms with Crippen molar-refractivity contribution in [3.05, 3.63) is 65.1 Å². The predicted molar refractivity (Wildman–Crippen MR) is 139 cm³/mol. The van der Waals surface area contributed by atoms with E-state index in [-0.39, 0.29) is 35.2 Å². The number of ether oxygens (including phenoxy) is 3. The van der Waals surface area contributed by atoms with Crippen LogP contribution in [0.4, 0.5) is 19.3 Å². The Labute approximate surface area is 223 Å². The van der Waals surface area contributed by atoms with Crippen molar-refractivity contribution in [3.63, 3.8) is 0 Å². The third-order valence-electron chi connectivity index (χ3n) is 5.27. The van der Waals surface area contributed by atoms with E-state index in [9.17, 15) is 13.6 Å². The second-order valence-corrected chi connectivity index (χ2v) is 9.37. The summed E-state index contributed by atoms with van der Waals surface area (Å²) >= 11 is 7.59. The molecule has 194 valence electrons. The van der Waals surface area contributed by atoms with Gasteiger partial charge in [0, 0.05) is 17.7 Å². The van der Waals surface area contributed by atoms with Gasteiger partial charge in [0.05, 0.1) is 47.1 Å². The number of carbonyl (C=O) groups excluding carboxylic acids is 1. The van der Waals surface area contributed by atoms with E-state index in [0.29, 0.717) is 26.6 Å². The molecule has 0 atom stereocenters. The number of methoxy groups -OCH3 is 1. The van der Waals surface area contributed by atoms with Crippen molar-refractivity contribution in [1.82, 2.24) is 19.9 Å². The quantitative estimate of drug-likeness (QED) is 0.236. The molecule has 0 radical (unpaired) electrons. The highest BCUT2D eigenvalue weighted by Crippen LogP contribution is 2.40. The first-order valence-corrected chi connectivity index (χ1v) is 12.3. The summed E-state index contributed by atoms with van der Waals surface area (Å²) in [6, 6.07) is 6.38. The van der Waals surface area contributed by atoms with Crippen LogP contribution in [0.25, 0.3) is 31.8 Å². The fourth-order valence-corrected chi connectivity index (χ4v) is 4.95. The number of rotatable bonds is 7. The van der Waals surface area contributed by atoms with Crippen LogP contribution in [0.5, 0.6) is 11.6 Å². The van der Waals surface area contributed by atoms with Crippen molar-refractivity contribution >= 4 is 56.0 Å². The van der Waals surface area contributed by atoms with E-state index in [1.54, 1.807) is 0 Å². The lowest BCUT2D eigenvalue weighted by molar-refractivity contribution is 0.136. The molecule has 0 bridgehead atoms. The number of aromatic nitrogens is 4. The molecule has 3 aromatic heterocycles. The van der Waals surface area contributed by atoms with E-state index >= 15 is 0 Å². The number of amides is 1. The Morgan fingerprint density at radius 1 is 1.08 bits per heavy atom. The lowest BCUT2D eigenvalue weighted by Crippen LogP contribution is -2.18. The van der Waals surface area contributed by atoms with Crippen LogP contribution in [0.3, 0.4) is 0 Å². The van der Waals surface area contributed by atoms with Crippen LogP contribution in [0.2, 0.25) is 5.02 Å². The third kappa shape index (κ3) is 5.27. The maximum atomic E-state index is 15.0. The van der Waals surface area contributed by atoms with Crippen LogP contribution < -0.4 is 14.8 Å². The summed E-state index contributed by atoms with van der Waals surface area (Å²) in [6.07, 6.45) is 2.94. The normalized spacial score (nSPS) is 11.1. The smallest absolute Gasteiger partial charge is 0.411 e. The van der Waals surface area contributed by atoms with E-state index in [1.165, 1.54) is 36.9 Å². The first-order valence-electron chi connectivity index (χ1n) is 11.1. The molecular weight excluding hydrogens is 540 g/mol. The van der Waals surface area contributed by atoms with Crippen molar-refractivity contribution in [1.29, 1.82) is 0 Å². The number of nitrogens with one attached hydrogen (secondary N) is 1. The predicted octanol–water partition coefficient (Wildman–Crippen LogP) is 6.18. The Morgan fingerprint density at radius 3 is 2.71 bits per heavy atom. The van der Waals surface area contributed by atoms with Crippen LogP contribution in [0.15, 0.2) is 42.9 Å². The van der Waals surface area contributed by atoms with Crippen LogP contribution in [0.1, 0.15) is 5.56 Å². The molecule has 0 fully saturated rings. The number of hydrogen-bond acceptors (Lipinski definition) is 9. The van der Waals surface area contributed by atoms with Crippen LogP contribution in [-0.2, 0) is 4.74 Å². The molecule has 5 aromatic rings. The molecule has 0 saturated carbocycles. The number of hydrogen-bond donors (Lipinski definition) is 1. The topological polar surface area (TPSA) is 108 Å². The van der Waals surface area contributed by atoms with Crippen LogP contribution in [0, 0.1) is 18.6 Å². The van der Waals surface area contributed by atoms with Crippen molar-refractivity contribution < 1.29 is 27.8 Å². The molecule has 1 amide bonds. The standard InChI is InChI=1S/C25H18ClF2N5O4S/c1-12-5-15(22-16(6-12)32-19(35-2)11-30-22)24-33-23-18(38-24)8-17(21(28)20(23)26)36-3-4-37-25(34)31-14-7-13(27)9-29-10-14/h5-11H,3-4H2,1-2H3,(H,31,34). The van der Waals surface area contributed by atoms with Gasteiger partial charge in [-0.15, -0.1) is 11.3 Å². The van der Waals surface area contributed by atoms with Gasteiger partial charge in [-0.2, -0.15) is 0 Å². The number of carbonyl (C=O) groups is 1. The van der Waals surface area contributed by atoms with Gasteiger partial charge in [-0.25, -0.2) is 28.5 Å². The maximum absolute atomic E-state index is 15.0. The molecule has 0 aliphatic heterocycles. The van der Waals surface area contributed by atoms with Crippen molar-refractivity contribution in [2.75, 3.05) is 25.6 Å². The zero-order valence-corrected chi connectivity index (χ0v) is 21.5. The first-order chi connectivity index (χ1) is 18.3. The molecule has 3 heterocycles. The number of benzene rings is 2. The number of anilines is 1. The van der Waals surface area contributed by atoms with E-state index < -0.39 is 17.7 Å². The lowest BCUT2D eigenvalue weighted by Gasteiger charge is -2.10. The number of nitrogens with zero attached hydrogens (tertiary/aromatic N) is 4. The number of pyridine rings is 1. The lowest BCUT2D eigenvalue weighted by atomic mass is 10.1. The van der Waals surface area contributed by atoms with E-state index in [4.69, 9.17) is 25.8 Å². The Morgan fingerprint density at radius 2 is 1.92 bits per heavy atom. The van der Waals surface area contributed by atoms with E-state index in [2.05, 4.69) is 25.3 Å². The van der Waals surface area contributed by atoms with Crippen molar-refractivity contribution in [3.8, 4) is 22.2 Å². The van der Waals surface area contributed by atoms with Crippen molar-refractivity contribution in [2.24, 2.45) is 0 Å². The second-order valence-electron chi connectivity index (χ2n) is 7.96. The highest BCUT2D eigenvalue weighted by atomic mass is 35.5. The summed E-state index contributed by atoms with van der Waals surface area (Å²) < 4.78 is 44.4. The van der Waals surface area contributed by atoms with Gasteiger partial charge in [0.15, 0.2) is 11.6 Å². The molecular formula is C25H18ClF2N5O4S. The van der Waals surface area contributed by atoms with Crippen LogP contribution >= 0.6 is 22.9 Å². The number of fused-ring (bicyclic) bond motifs is 2. The molecule has 9 nitrogen and oxygen atoms in total. The van der Waals surface area contributed by atoms with E-state index in [1.807, 2.05) is 19.1 Å². The molecule has 38 heavy (non-hydrogen) atoms. The Bertz CT molecular complexity index is 1680. The molecule has 0 spiro atoms. The highest BCUT2D eigenvalue weighted by molar-refractivity contribution is 7.21. The van der Waals surface area contributed by atoms with Gasteiger partial charge in [0.1, 0.15) is 34.6 Å². The largest absolute Gasteiger partial charge is 0.487 e. The van der Waals surface area contributed by atoms with Gasteiger partial charge >= 0.3 is 6.09 Å². The summed E-state index contributed by atoms with van der Waals surface area (Å²) in [5.74, 6) is -1.12. The summed E-state index contributed by atoms with van der Waals surface area (Å²) in [4.78, 5) is 29.0. The van der Waals surface area contributed by atoms with Gasteiger partial charge < -0.3 is 14.2 Å². The highest BCUT2D eigenvalue weighted by Gasteiger charge is 2.20.